The van der Waals surface area contributed by atoms with Crippen LogP contribution in [0.5, 0.6) is 0 Å². The van der Waals surface area contributed by atoms with E-state index in [0.717, 1.165) is 36.8 Å². The minimum Gasteiger partial charge on any atom is -0.441 e. The number of hydrogen-bond acceptors (Lipinski definition) is 8. The standard InChI is InChI=1S/C31H31ClN6O4/c32-24-13-22(16-33)14-25-26(24)34-20-37(25)17-21-5-4-8-31(15-21)19-38(29(39)41-31)18-30(9-11-40-12-10-30)28-35-27(36-42-28)23-6-2-1-3-7-23/h1-3,6-7,13-14,20-21H,4-5,8-12,15,17-19H2/t21-,31-/m0/s1. The molecular formula is C31H31ClN6O4. The van der Waals surface area contributed by atoms with E-state index in [1.807, 2.05) is 41.3 Å². The van der Waals surface area contributed by atoms with Crippen molar-refractivity contribution in [2.24, 2.45) is 5.92 Å². The zero-order chi connectivity index (χ0) is 28.7. The Kier molecular flexibility index (Phi) is 6.87. The molecule has 3 aliphatic rings. The molecule has 2 atom stereocenters. The summed E-state index contributed by atoms with van der Waals surface area (Å²) in [6, 6.07) is 15.4. The number of rotatable bonds is 6. The molecule has 0 bridgehead atoms. The molecular weight excluding hydrogens is 556 g/mol. The van der Waals surface area contributed by atoms with E-state index in [0.29, 0.717) is 73.5 Å². The first-order valence-electron chi connectivity index (χ1n) is 14.5. The molecule has 216 valence electrons. The molecule has 1 aliphatic carbocycles. The van der Waals surface area contributed by atoms with E-state index < -0.39 is 11.0 Å². The van der Waals surface area contributed by atoms with E-state index in [2.05, 4.69) is 20.8 Å². The van der Waals surface area contributed by atoms with E-state index in [4.69, 9.17) is 30.6 Å². The van der Waals surface area contributed by atoms with Gasteiger partial charge in [-0.1, -0.05) is 47.1 Å². The summed E-state index contributed by atoms with van der Waals surface area (Å²) >= 11 is 6.38. The van der Waals surface area contributed by atoms with Crippen LogP contribution < -0.4 is 0 Å². The number of carbonyl (C=O) groups is 1. The maximum atomic E-state index is 13.4. The van der Waals surface area contributed by atoms with Crippen molar-refractivity contribution in [3.63, 3.8) is 0 Å². The van der Waals surface area contributed by atoms with E-state index in [9.17, 15) is 10.1 Å². The normalized spacial score (nSPS) is 23.8. The first kappa shape index (κ1) is 26.9. The van der Waals surface area contributed by atoms with Gasteiger partial charge in [0.25, 0.3) is 0 Å². The number of carbonyl (C=O) groups excluding carboxylic acids is 1. The summed E-state index contributed by atoms with van der Waals surface area (Å²) in [5.74, 6) is 1.37. The van der Waals surface area contributed by atoms with Gasteiger partial charge in [-0.05, 0) is 56.6 Å². The van der Waals surface area contributed by atoms with Crippen LogP contribution in [-0.2, 0) is 21.4 Å². The summed E-state index contributed by atoms with van der Waals surface area (Å²) in [6.45, 7) is 2.82. The topological polar surface area (TPSA) is 119 Å². The van der Waals surface area contributed by atoms with Crippen molar-refractivity contribution < 1.29 is 18.8 Å². The fraction of sp³-hybridized carbons (Fsp3) is 0.452. The maximum Gasteiger partial charge on any atom is 0.410 e. The fourth-order valence-corrected chi connectivity index (χ4v) is 7.23. The first-order chi connectivity index (χ1) is 20.5. The molecule has 1 saturated carbocycles. The minimum atomic E-state index is -0.539. The van der Waals surface area contributed by atoms with Crippen LogP contribution in [0, 0.1) is 17.2 Å². The van der Waals surface area contributed by atoms with Crippen molar-refractivity contribution in [2.45, 2.75) is 56.1 Å². The number of halogens is 1. The van der Waals surface area contributed by atoms with Crippen molar-refractivity contribution >= 4 is 28.7 Å². The van der Waals surface area contributed by atoms with Crippen LogP contribution in [0.2, 0.25) is 5.02 Å². The zero-order valence-electron chi connectivity index (χ0n) is 23.2. The molecule has 7 rings (SSSR count). The molecule has 11 heteroatoms. The van der Waals surface area contributed by atoms with Gasteiger partial charge in [-0.25, -0.2) is 9.78 Å². The number of ether oxygens (including phenoxy) is 2. The summed E-state index contributed by atoms with van der Waals surface area (Å²) in [7, 11) is 0. The molecule has 2 saturated heterocycles. The second-order valence-electron chi connectivity index (χ2n) is 11.9. The molecule has 42 heavy (non-hydrogen) atoms. The van der Waals surface area contributed by atoms with Crippen LogP contribution >= 0.6 is 11.6 Å². The van der Waals surface area contributed by atoms with E-state index in [1.54, 1.807) is 12.4 Å². The summed E-state index contributed by atoms with van der Waals surface area (Å²) in [6.07, 6.45) is 6.44. The maximum absolute atomic E-state index is 13.4. The third kappa shape index (κ3) is 4.91. The highest BCUT2D eigenvalue weighted by atomic mass is 35.5. The van der Waals surface area contributed by atoms with Gasteiger partial charge < -0.3 is 23.5 Å². The molecule has 10 nitrogen and oxygen atoms in total. The van der Waals surface area contributed by atoms with Gasteiger partial charge in [0.2, 0.25) is 11.7 Å². The lowest BCUT2D eigenvalue weighted by molar-refractivity contribution is 0.00390. The number of nitriles is 1. The third-order valence-corrected chi connectivity index (χ3v) is 9.35. The van der Waals surface area contributed by atoms with Gasteiger partial charge >= 0.3 is 6.09 Å². The molecule has 4 heterocycles. The zero-order valence-corrected chi connectivity index (χ0v) is 23.9. The summed E-state index contributed by atoms with van der Waals surface area (Å²) in [5.41, 5.74) is 1.90. The van der Waals surface area contributed by atoms with Crippen LogP contribution in [-0.4, -0.2) is 62.6 Å². The predicted molar refractivity (Wildman–Crippen MR) is 154 cm³/mol. The Bertz CT molecular complexity index is 1660. The number of fused-ring (bicyclic) bond motifs is 1. The molecule has 0 N–H and O–H groups in total. The minimum absolute atomic E-state index is 0.287. The van der Waals surface area contributed by atoms with Crippen LogP contribution in [0.15, 0.2) is 53.3 Å². The number of nitrogens with zero attached hydrogens (tertiary/aromatic N) is 6. The van der Waals surface area contributed by atoms with E-state index in [1.165, 1.54) is 0 Å². The highest BCUT2D eigenvalue weighted by molar-refractivity contribution is 6.35. The van der Waals surface area contributed by atoms with Gasteiger partial charge in [0.05, 0.1) is 40.5 Å². The van der Waals surface area contributed by atoms with Crippen LogP contribution in [0.25, 0.3) is 22.4 Å². The average Bonchev–Trinajstić information content (AvgIpc) is 3.73. The Hall–Kier alpha value is -3.94. The molecule has 0 unspecified atom stereocenters. The van der Waals surface area contributed by atoms with Crippen molar-refractivity contribution in [3.8, 4) is 17.5 Å². The van der Waals surface area contributed by atoms with Crippen LogP contribution in [0.4, 0.5) is 4.79 Å². The Morgan fingerprint density at radius 1 is 1.14 bits per heavy atom. The second kappa shape index (κ2) is 10.7. The van der Waals surface area contributed by atoms with E-state index >= 15 is 0 Å². The number of amides is 1. The Morgan fingerprint density at radius 3 is 2.79 bits per heavy atom. The lowest BCUT2D eigenvalue weighted by atomic mass is 9.77. The summed E-state index contributed by atoms with van der Waals surface area (Å²) < 4.78 is 19.8. The van der Waals surface area contributed by atoms with Crippen molar-refractivity contribution in [1.82, 2.24) is 24.6 Å². The lowest BCUT2D eigenvalue weighted by Crippen LogP contribution is -2.47. The SMILES string of the molecule is N#Cc1cc(Cl)c2ncn(C[C@H]3CCC[C@]4(C3)CN(CC3(c5nc(-c6ccccc6)no5)CCOCC3)C(=O)O4)c2c1. The van der Waals surface area contributed by atoms with E-state index in [-0.39, 0.29) is 12.0 Å². The largest absolute Gasteiger partial charge is 0.441 e. The Labute approximate surface area is 248 Å². The molecule has 4 aromatic rings. The number of benzene rings is 2. The molecule has 2 aliphatic heterocycles. The van der Waals surface area contributed by atoms with Crippen molar-refractivity contribution in [2.75, 3.05) is 26.3 Å². The molecule has 2 aromatic heterocycles. The summed E-state index contributed by atoms with van der Waals surface area (Å²) in [5, 5.41) is 14.2. The third-order valence-electron chi connectivity index (χ3n) is 9.06. The molecule has 1 spiro atoms. The van der Waals surface area contributed by atoms with Crippen molar-refractivity contribution in [1.29, 1.82) is 5.26 Å². The molecule has 0 radical (unpaired) electrons. The quantitative estimate of drug-likeness (QED) is 0.280. The molecule has 3 fully saturated rings. The molecule has 1 amide bonds. The summed E-state index contributed by atoms with van der Waals surface area (Å²) in [4.78, 5) is 24.5. The Balaban J connectivity index is 1.09. The average molecular weight is 587 g/mol. The monoisotopic (exact) mass is 586 g/mol. The Morgan fingerprint density at radius 2 is 1.98 bits per heavy atom. The van der Waals surface area contributed by atoms with Gasteiger partial charge in [0.1, 0.15) is 11.1 Å². The highest BCUT2D eigenvalue weighted by Gasteiger charge is 2.51. The number of hydrogen-bond donors (Lipinski definition) is 0. The van der Waals surface area contributed by atoms with Crippen molar-refractivity contribution in [3.05, 3.63) is 65.3 Å². The lowest BCUT2D eigenvalue weighted by Gasteiger charge is -2.38. The smallest absolute Gasteiger partial charge is 0.410 e. The van der Waals surface area contributed by atoms with Crippen LogP contribution in [0.3, 0.4) is 0 Å². The highest BCUT2D eigenvalue weighted by Crippen LogP contribution is 2.43. The molecule has 2 aromatic carbocycles. The van der Waals surface area contributed by atoms with Gasteiger partial charge in [0.15, 0.2) is 0 Å². The van der Waals surface area contributed by atoms with Crippen LogP contribution in [0.1, 0.15) is 50.0 Å². The van der Waals surface area contributed by atoms with Gasteiger partial charge in [-0.15, -0.1) is 0 Å². The van der Waals surface area contributed by atoms with Gasteiger partial charge in [0, 0.05) is 31.9 Å². The predicted octanol–water partition coefficient (Wildman–Crippen LogP) is 5.74. The van der Waals surface area contributed by atoms with Gasteiger partial charge in [-0.2, -0.15) is 10.2 Å². The number of imidazole rings is 1. The number of aromatic nitrogens is 4. The van der Waals surface area contributed by atoms with Gasteiger partial charge in [-0.3, -0.25) is 0 Å². The first-order valence-corrected chi connectivity index (χ1v) is 14.8. The fourth-order valence-electron chi connectivity index (χ4n) is 6.97. The second-order valence-corrected chi connectivity index (χ2v) is 12.3.